The summed E-state index contributed by atoms with van der Waals surface area (Å²) in [6.45, 7) is 6.46. The second-order valence-electron chi connectivity index (χ2n) is 9.33. The van der Waals surface area contributed by atoms with E-state index in [0.29, 0.717) is 10.8 Å². The molecule has 0 atom stereocenters. The highest BCUT2D eigenvalue weighted by Gasteiger charge is 2.25. The van der Waals surface area contributed by atoms with Crippen LogP contribution in [0.2, 0.25) is 5.15 Å². The van der Waals surface area contributed by atoms with Gasteiger partial charge in [-0.3, -0.25) is 19.3 Å². The van der Waals surface area contributed by atoms with E-state index in [0.717, 1.165) is 63.4 Å². The van der Waals surface area contributed by atoms with Gasteiger partial charge in [0.25, 0.3) is 5.91 Å². The largest absolute Gasteiger partial charge is 0.446 e. The second-order valence-corrected chi connectivity index (χ2v) is 9.69. The van der Waals surface area contributed by atoms with E-state index in [-0.39, 0.29) is 11.7 Å². The van der Waals surface area contributed by atoms with Crippen molar-refractivity contribution >= 4 is 41.3 Å². The molecule has 2 heterocycles. The van der Waals surface area contributed by atoms with Gasteiger partial charge in [0.1, 0.15) is 0 Å². The first-order valence-corrected chi connectivity index (χ1v) is 13.3. The van der Waals surface area contributed by atoms with Gasteiger partial charge in [0.2, 0.25) is 12.6 Å². The molecule has 1 aliphatic carbocycles. The van der Waals surface area contributed by atoms with E-state index in [9.17, 15) is 31.1 Å². The van der Waals surface area contributed by atoms with Crippen LogP contribution in [-0.4, -0.2) is 78.5 Å². The number of aromatic nitrogens is 2. The predicted octanol–water partition coefficient (Wildman–Crippen LogP) is 5.95. The number of anilines is 1. The molecule has 42 heavy (non-hydrogen) atoms. The molecule has 0 saturated carbocycles. The number of amides is 1. The number of allylic oxidation sites excluding steroid dienone is 2. The van der Waals surface area contributed by atoms with Crippen LogP contribution in [0.25, 0.3) is 5.57 Å². The summed E-state index contributed by atoms with van der Waals surface area (Å²) in [6.07, 6.45) is -3.55. The van der Waals surface area contributed by atoms with Crippen molar-refractivity contribution in [2.45, 2.75) is 51.4 Å². The molecule has 0 radical (unpaired) electrons. The summed E-state index contributed by atoms with van der Waals surface area (Å²) in [6, 6.07) is 6.38. The van der Waals surface area contributed by atoms with Crippen molar-refractivity contribution in [1.29, 1.82) is 0 Å². The lowest BCUT2D eigenvalue weighted by Gasteiger charge is -2.26. The minimum atomic E-state index is -4.64. The van der Waals surface area contributed by atoms with Crippen LogP contribution in [0.1, 0.15) is 53.1 Å². The number of carbonyl (C=O) groups is 3. The Morgan fingerprint density at radius 3 is 2.21 bits per heavy atom. The first-order valence-electron chi connectivity index (χ1n) is 12.9. The second kappa shape index (κ2) is 16.4. The number of aldehydes is 2. The Balaban J connectivity index is 0.000000434. The van der Waals surface area contributed by atoms with Crippen molar-refractivity contribution in [1.82, 2.24) is 14.9 Å². The van der Waals surface area contributed by atoms with Crippen molar-refractivity contribution in [3.05, 3.63) is 52.1 Å². The Bertz CT molecular complexity index is 1190. The molecule has 1 fully saturated rings. The number of aryl methyl sites for hydroxylation is 1. The van der Waals surface area contributed by atoms with Gasteiger partial charge in [0.05, 0.1) is 18.9 Å². The average molecular weight is 625 g/mol. The van der Waals surface area contributed by atoms with Crippen molar-refractivity contribution in [3.8, 4) is 0 Å². The number of carbonyl (C=O) groups excluding carboxylic acids is 3. The topological polar surface area (TPSA) is 104 Å². The molecular formula is C27H31ClF6N4O4. The number of imidazole rings is 1. The summed E-state index contributed by atoms with van der Waals surface area (Å²) >= 11 is 6.01. The molecule has 4 rings (SSSR count). The molecule has 1 aromatic carbocycles. The number of nitrogens with one attached hydrogen (secondary N) is 2. The van der Waals surface area contributed by atoms with Crippen LogP contribution in [0.5, 0.6) is 0 Å². The number of ether oxygens (including phenoxy) is 1. The SMILES string of the molecule is Cc1[nH]c(C(=O)Nc2ccc(CCN3CCOCC3)cc2C2=CCCCC2)nc1Cl.O=CC(F)(F)F.O=CC(F)(F)F. The van der Waals surface area contributed by atoms with Crippen molar-refractivity contribution < 1.29 is 45.5 Å². The van der Waals surface area contributed by atoms with E-state index < -0.39 is 24.9 Å². The van der Waals surface area contributed by atoms with Crippen LogP contribution in [0.15, 0.2) is 24.3 Å². The molecular weight excluding hydrogens is 594 g/mol. The van der Waals surface area contributed by atoms with Crippen LogP contribution in [0.4, 0.5) is 32.0 Å². The van der Waals surface area contributed by atoms with Gasteiger partial charge in [-0.15, -0.1) is 0 Å². The van der Waals surface area contributed by atoms with E-state index in [1.165, 1.54) is 24.0 Å². The molecule has 0 bridgehead atoms. The van der Waals surface area contributed by atoms with Crippen molar-refractivity contribution in [2.24, 2.45) is 0 Å². The van der Waals surface area contributed by atoms with E-state index in [1.807, 2.05) is 6.07 Å². The first kappa shape index (κ1) is 35.0. The van der Waals surface area contributed by atoms with Crippen LogP contribution < -0.4 is 5.32 Å². The summed E-state index contributed by atoms with van der Waals surface area (Å²) in [5.41, 5.74) is 5.25. The smallest absolute Gasteiger partial charge is 0.379 e. The lowest BCUT2D eigenvalue weighted by Crippen LogP contribution is -2.37. The monoisotopic (exact) mass is 624 g/mol. The number of alkyl halides is 6. The molecule has 1 aromatic heterocycles. The number of benzene rings is 1. The number of rotatable bonds is 6. The molecule has 2 aliphatic rings. The highest BCUT2D eigenvalue weighted by atomic mass is 35.5. The summed E-state index contributed by atoms with van der Waals surface area (Å²) in [7, 11) is 0. The van der Waals surface area contributed by atoms with Gasteiger partial charge in [0.15, 0.2) is 11.0 Å². The Labute approximate surface area is 243 Å². The fourth-order valence-corrected chi connectivity index (χ4v) is 4.18. The van der Waals surface area contributed by atoms with Gasteiger partial charge < -0.3 is 15.0 Å². The van der Waals surface area contributed by atoms with Crippen molar-refractivity contribution in [2.75, 3.05) is 38.2 Å². The number of hydrogen-bond acceptors (Lipinski definition) is 6. The maximum atomic E-state index is 12.7. The van der Waals surface area contributed by atoms with Gasteiger partial charge in [-0.1, -0.05) is 23.7 Å². The molecule has 0 unspecified atom stereocenters. The van der Waals surface area contributed by atoms with E-state index in [2.05, 4.69) is 38.4 Å². The van der Waals surface area contributed by atoms with Crippen LogP contribution in [0, 0.1) is 6.92 Å². The first-order chi connectivity index (χ1) is 19.7. The summed E-state index contributed by atoms with van der Waals surface area (Å²) < 4.78 is 67.9. The van der Waals surface area contributed by atoms with Gasteiger partial charge >= 0.3 is 12.4 Å². The number of halogens is 7. The van der Waals surface area contributed by atoms with E-state index in [4.69, 9.17) is 25.9 Å². The maximum Gasteiger partial charge on any atom is 0.446 e. The van der Waals surface area contributed by atoms with Gasteiger partial charge in [0, 0.05) is 30.9 Å². The molecule has 0 spiro atoms. The number of H-pyrrole nitrogens is 1. The third-order valence-electron chi connectivity index (χ3n) is 6.10. The zero-order valence-electron chi connectivity index (χ0n) is 22.7. The summed E-state index contributed by atoms with van der Waals surface area (Å²) in [5, 5.41) is 3.37. The van der Waals surface area contributed by atoms with E-state index in [1.54, 1.807) is 6.92 Å². The summed E-state index contributed by atoms with van der Waals surface area (Å²) in [5.74, 6) is -0.0406. The minimum Gasteiger partial charge on any atom is -0.379 e. The fourth-order valence-electron chi connectivity index (χ4n) is 4.04. The molecule has 2 aromatic rings. The highest BCUT2D eigenvalue weighted by Crippen LogP contribution is 2.33. The highest BCUT2D eigenvalue weighted by molar-refractivity contribution is 6.30. The molecule has 232 valence electrons. The Morgan fingerprint density at radius 1 is 1.10 bits per heavy atom. The van der Waals surface area contributed by atoms with E-state index >= 15 is 0 Å². The third-order valence-corrected chi connectivity index (χ3v) is 6.47. The standard InChI is InChI=1S/C23H29ClN4O2.2C2HF3O/c1-16-21(24)27-22(25-16)23(29)26-20-8-7-17(9-10-28-11-13-30-14-12-28)15-19(20)18-5-3-2-4-6-18;2*3-2(4,5)1-6/h5,7-8,15H,2-4,6,9-14H2,1H3,(H,25,27)(H,26,29);2*1H. The van der Waals surface area contributed by atoms with Gasteiger partial charge in [-0.05, 0) is 62.3 Å². The molecule has 8 nitrogen and oxygen atoms in total. The molecule has 1 saturated heterocycles. The van der Waals surface area contributed by atoms with Crippen LogP contribution in [0.3, 0.4) is 0 Å². The minimum absolute atomic E-state index is 0.234. The zero-order valence-corrected chi connectivity index (χ0v) is 23.5. The lowest BCUT2D eigenvalue weighted by molar-refractivity contribution is -0.156. The average Bonchev–Trinajstić information content (AvgIpc) is 3.31. The maximum absolute atomic E-state index is 12.7. The summed E-state index contributed by atoms with van der Waals surface area (Å²) in [4.78, 5) is 39.6. The lowest BCUT2D eigenvalue weighted by atomic mass is 9.91. The predicted molar refractivity (Wildman–Crippen MR) is 144 cm³/mol. The number of morpholine rings is 1. The zero-order chi connectivity index (χ0) is 31.3. The van der Waals surface area contributed by atoms with Crippen LogP contribution >= 0.6 is 11.6 Å². The normalized spacial score (nSPS) is 15.8. The molecule has 1 amide bonds. The number of hydrogen-bond donors (Lipinski definition) is 2. The van der Waals surface area contributed by atoms with Crippen molar-refractivity contribution in [3.63, 3.8) is 0 Å². The fraction of sp³-hybridized carbons (Fsp3) is 0.481. The Hall–Kier alpha value is -3.23. The van der Waals surface area contributed by atoms with Gasteiger partial charge in [-0.25, -0.2) is 4.98 Å². The van der Waals surface area contributed by atoms with Crippen LogP contribution in [-0.2, 0) is 20.7 Å². The number of nitrogens with zero attached hydrogens (tertiary/aromatic N) is 2. The molecule has 2 N–H and O–H groups in total. The molecule has 1 aliphatic heterocycles. The molecule has 15 heteroatoms. The quantitative estimate of drug-likeness (QED) is 0.304. The van der Waals surface area contributed by atoms with Gasteiger partial charge in [-0.2, -0.15) is 26.3 Å². The number of aromatic amines is 1. The Morgan fingerprint density at radius 2 is 1.71 bits per heavy atom. The third kappa shape index (κ3) is 12.7. The Kier molecular flexibility index (Phi) is 13.7.